The molecule has 0 aromatic heterocycles. The maximum absolute atomic E-state index is 8.58. The molecule has 0 aromatic carbocycles. The van der Waals surface area contributed by atoms with Gasteiger partial charge in [-0.2, -0.15) is 0 Å². The average molecular weight is 175 g/mol. The van der Waals surface area contributed by atoms with Crippen LogP contribution in [0.25, 0.3) is 0 Å². The fourth-order valence-electron chi connectivity index (χ4n) is 0.201. The van der Waals surface area contributed by atoms with Gasteiger partial charge in [-0.05, 0) is 0 Å². The van der Waals surface area contributed by atoms with Gasteiger partial charge in [0.15, 0.2) is 5.56 Å². The molecule has 5 heteroatoms. The maximum atomic E-state index is 8.58. The minimum absolute atomic E-state index is 0.560. The first-order chi connectivity index (χ1) is 4.06. The summed E-state index contributed by atoms with van der Waals surface area (Å²) < 4.78 is 0. The average Bonchev–Trinajstić information content (AvgIpc) is 1.86. The van der Waals surface area contributed by atoms with Gasteiger partial charge in [-0.1, -0.05) is 11.6 Å². The topological polar surface area (TPSA) is 60.7 Å². The van der Waals surface area contributed by atoms with Crippen molar-refractivity contribution < 1.29 is 15.3 Å². The van der Waals surface area contributed by atoms with E-state index in [-0.39, 0.29) is 0 Å². The number of hydrogen-bond donors (Lipinski definition) is 3. The Labute approximate surface area is 62.8 Å². The molecule has 9 heavy (non-hydrogen) atoms. The van der Waals surface area contributed by atoms with Gasteiger partial charge < -0.3 is 15.3 Å². The van der Waals surface area contributed by atoms with Crippen molar-refractivity contribution in [1.29, 1.82) is 0 Å². The zero-order valence-electron chi connectivity index (χ0n) is 4.59. The van der Waals surface area contributed by atoms with Gasteiger partial charge in [0.1, 0.15) is 4.87 Å². The summed E-state index contributed by atoms with van der Waals surface area (Å²) in [6, 6.07) is 0. The van der Waals surface area contributed by atoms with E-state index >= 15 is 0 Å². The minimum Gasteiger partial charge on any atom is -0.394 e. The Hall–Kier alpha value is 0.460. The number of rotatable bonds is 3. The molecular weight excluding hydrogens is 167 g/mol. The van der Waals surface area contributed by atoms with Crippen molar-refractivity contribution in [3.63, 3.8) is 0 Å². The Bertz CT molecular complexity index is 81.9. The highest BCUT2D eigenvalue weighted by Gasteiger charge is 2.33. The smallest absolute Gasteiger partial charge is 0.151 e. The molecule has 0 aliphatic heterocycles. The number of halogens is 2. The van der Waals surface area contributed by atoms with Gasteiger partial charge in [0.25, 0.3) is 0 Å². The minimum atomic E-state index is -1.51. The summed E-state index contributed by atoms with van der Waals surface area (Å²) in [5.74, 6) is 0. The molecule has 0 aliphatic carbocycles. The first kappa shape index (κ1) is 9.46. The predicted molar refractivity (Wildman–Crippen MR) is 34.6 cm³/mol. The van der Waals surface area contributed by atoms with Crippen LogP contribution in [0.5, 0.6) is 0 Å². The molecular formula is C4H8Cl2O3. The molecule has 1 unspecified atom stereocenters. The van der Waals surface area contributed by atoms with E-state index in [1.54, 1.807) is 0 Å². The Morgan fingerprint density at radius 2 is 1.67 bits per heavy atom. The van der Waals surface area contributed by atoms with Crippen LogP contribution in [0.2, 0.25) is 0 Å². The van der Waals surface area contributed by atoms with E-state index in [0.29, 0.717) is 0 Å². The van der Waals surface area contributed by atoms with Gasteiger partial charge in [0, 0.05) is 0 Å². The molecule has 0 radical (unpaired) electrons. The largest absolute Gasteiger partial charge is 0.394 e. The lowest BCUT2D eigenvalue weighted by molar-refractivity contribution is 0.0947. The monoisotopic (exact) mass is 174 g/mol. The normalized spacial score (nSPS) is 15.7. The first-order valence-electron chi connectivity index (χ1n) is 2.29. The Morgan fingerprint density at radius 1 is 1.33 bits per heavy atom. The molecule has 0 bridgehead atoms. The van der Waals surface area contributed by atoms with Gasteiger partial charge in [0.2, 0.25) is 0 Å². The molecule has 0 spiro atoms. The Kier molecular flexibility index (Phi) is 3.77. The highest BCUT2D eigenvalue weighted by atomic mass is 35.5. The summed E-state index contributed by atoms with van der Waals surface area (Å²) in [7, 11) is 0. The van der Waals surface area contributed by atoms with Crippen LogP contribution in [0.4, 0.5) is 0 Å². The standard InChI is InChI=1S/C4H8Cl2O3/c5-3(9)4(6,1-7)2-8/h3,7-9H,1-2H2. The molecule has 1 atom stereocenters. The van der Waals surface area contributed by atoms with Crippen molar-refractivity contribution in [2.75, 3.05) is 13.2 Å². The van der Waals surface area contributed by atoms with E-state index in [1.165, 1.54) is 0 Å². The molecule has 0 saturated heterocycles. The van der Waals surface area contributed by atoms with Gasteiger partial charge in [-0.15, -0.1) is 11.6 Å². The molecule has 0 aliphatic rings. The Balaban J connectivity index is 3.92. The molecule has 56 valence electrons. The molecule has 0 saturated carbocycles. The van der Waals surface area contributed by atoms with Gasteiger partial charge in [-0.3, -0.25) is 0 Å². The van der Waals surface area contributed by atoms with E-state index in [4.69, 9.17) is 38.5 Å². The van der Waals surface area contributed by atoms with Crippen LogP contribution < -0.4 is 0 Å². The van der Waals surface area contributed by atoms with E-state index in [2.05, 4.69) is 0 Å². The molecule has 0 heterocycles. The van der Waals surface area contributed by atoms with Crippen molar-refractivity contribution in [3.8, 4) is 0 Å². The van der Waals surface area contributed by atoms with Gasteiger partial charge >= 0.3 is 0 Å². The second kappa shape index (κ2) is 3.58. The quantitative estimate of drug-likeness (QED) is 0.507. The van der Waals surface area contributed by atoms with Crippen LogP contribution in [0.3, 0.4) is 0 Å². The van der Waals surface area contributed by atoms with Gasteiger partial charge in [-0.25, -0.2) is 0 Å². The van der Waals surface area contributed by atoms with E-state index in [0.717, 1.165) is 0 Å². The van der Waals surface area contributed by atoms with Crippen LogP contribution in [-0.2, 0) is 0 Å². The fraction of sp³-hybridized carbons (Fsp3) is 1.00. The fourth-order valence-corrected chi connectivity index (χ4v) is 0.339. The summed E-state index contributed by atoms with van der Waals surface area (Å²) >= 11 is 10.4. The van der Waals surface area contributed by atoms with Gasteiger partial charge in [0.05, 0.1) is 13.2 Å². The Morgan fingerprint density at radius 3 is 1.67 bits per heavy atom. The third kappa shape index (κ3) is 2.27. The summed E-state index contributed by atoms with van der Waals surface area (Å²) in [5.41, 5.74) is -1.44. The van der Waals surface area contributed by atoms with Crippen LogP contribution in [-0.4, -0.2) is 39.0 Å². The number of alkyl halides is 2. The van der Waals surface area contributed by atoms with E-state index in [9.17, 15) is 0 Å². The zero-order valence-corrected chi connectivity index (χ0v) is 6.10. The highest BCUT2D eigenvalue weighted by Crippen LogP contribution is 2.20. The SMILES string of the molecule is OCC(Cl)(CO)C(O)Cl. The van der Waals surface area contributed by atoms with Crippen molar-refractivity contribution in [1.82, 2.24) is 0 Å². The van der Waals surface area contributed by atoms with Crippen LogP contribution in [0, 0.1) is 0 Å². The van der Waals surface area contributed by atoms with Crippen LogP contribution in [0.15, 0.2) is 0 Å². The lowest BCUT2D eigenvalue weighted by atomic mass is 10.2. The third-order valence-corrected chi connectivity index (χ3v) is 1.93. The third-order valence-electron chi connectivity index (χ3n) is 0.953. The maximum Gasteiger partial charge on any atom is 0.151 e. The number of hydrogen-bond acceptors (Lipinski definition) is 3. The predicted octanol–water partition coefficient (Wildman–Crippen LogP) is -0.494. The number of aliphatic hydroxyl groups excluding tert-OH is 3. The summed E-state index contributed by atoms with van der Waals surface area (Å²) in [6.07, 6.45) is 0. The second-order valence-corrected chi connectivity index (χ2v) is 2.85. The molecule has 0 aromatic rings. The molecule has 0 fully saturated rings. The summed E-state index contributed by atoms with van der Waals surface area (Å²) in [5, 5.41) is 25.4. The highest BCUT2D eigenvalue weighted by molar-refractivity contribution is 6.32. The van der Waals surface area contributed by atoms with Crippen molar-refractivity contribution in [2.24, 2.45) is 0 Å². The molecule has 3 nitrogen and oxygen atoms in total. The zero-order chi connectivity index (χ0) is 7.49. The number of aliphatic hydroxyl groups is 3. The van der Waals surface area contributed by atoms with Crippen molar-refractivity contribution in [3.05, 3.63) is 0 Å². The molecule has 0 rings (SSSR count). The van der Waals surface area contributed by atoms with Crippen LogP contribution >= 0.6 is 23.2 Å². The lowest BCUT2D eigenvalue weighted by Crippen LogP contribution is -2.40. The van der Waals surface area contributed by atoms with Crippen molar-refractivity contribution >= 4 is 23.2 Å². The van der Waals surface area contributed by atoms with E-state index < -0.39 is 23.7 Å². The molecule has 3 N–H and O–H groups in total. The lowest BCUT2D eigenvalue weighted by Gasteiger charge is -2.22. The molecule has 0 amide bonds. The second-order valence-electron chi connectivity index (χ2n) is 1.69. The van der Waals surface area contributed by atoms with E-state index in [1.807, 2.05) is 0 Å². The summed E-state index contributed by atoms with van der Waals surface area (Å²) in [6.45, 7) is -1.12. The summed E-state index contributed by atoms with van der Waals surface area (Å²) in [4.78, 5) is -1.51. The van der Waals surface area contributed by atoms with Crippen molar-refractivity contribution in [2.45, 2.75) is 10.4 Å². The van der Waals surface area contributed by atoms with Crippen LogP contribution in [0.1, 0.15) is 0 Å². The first-order valence-corrected chi connectivity index (χ1v) is 3.11.